The largest absolute Gasteiger partial charge is 0.433 e. The van der Waals surface area contributed by atoms with Gasteiger partial charge in [0.05, 0.1) is 6.21 Å². The van der Waals surface area contributed by atoms with E-state index in [1.807, 2.05) is 5.32 Å². The number of nitrogens with one attached hydrogen (secondary N) is 2. The second-order valence-electron chi connectivity index (χ2n) is 1.57. The fraction of sp³-hybridized carbons (Fsp3) is 0.200. The molecule has 0 rings (SSSR count). The molecule has 0 unspecified atom stereocenters. The molecule has 4 N–H and O–H groups in total. The Kier molecular flexibility index (Phi) is 4.78. The monoisotopic (exact) mass is 195 g/mol. The number of alkyl halides is 1. The van der Waals surface area contributed by atoms with Crippen molar-refractivity contribution in [3.63, 3.8) is 0 Å². The summed E-state index contributed by atoms with van der Waals surface area (Å²) in [7, 11) is 0. The molecule has 68 valence electrons. The van der Waals surface area contributed by atoms with E-state index in [0.29, 0.717) is 6.21 Å². The van der Waals surface area contributed by atoms with E-state index >= 15 is 0 Å². The third-order valence-corrected chi connectivity index (χ3v) is 0.916. The highest BCUT2D eigenvalue weighted by atomic mass is 35.5. The smallest absolute Gasteiger partial charge is 0.414 e. The number of allylic oxidation sites excluding steroid dienone is 1. The summed E-state index contributed by atoms with van der Waals surface area (Å²) in [5.41, 5.74) is 4.96. The molecule has 0 saturated heterocycles. The molecule has 7 heteroatoms. The average Bonchev–Trinajstić information content (AvgIpc) is 2.03. The summed E-state index contributed by atoms with van der Waals surface area (Å²) in [4.78, 5) is 10.5. The van der Waals surface area contributed by atoms with Crippen molar-refractivity contribution < 1.29 is 13.9 Å². The Morgan fingerprint density at radius 3 is 2.83 bits per heavy atom. The molecule has 0 heterocycles. The number of ether oxygens (including phenoxy) is 1. The molecule has 0 aliphatic heterocycles. The van der Waals surface area contributed by atoms with Gasteiger partial charge in [-0.15, -0.1) is 0 Å². The molecule has 12 heavy (non-hydrogen) atoms. The third kappa shape index (κ3) is 3.77. The number of hydrogen-bond acceptors (Lipinski definition) is 4. The van der Waals surface area contributed by atoms with Gasteiger partial charge in [-0.3, -0.25) is 5.32 Å². The molecule has 5 nitrogen and oxygen atoms in total. The van der Waals surface area contributed by atoms with Gasteiger partial charge in [0, 0.05) is 0 Å². The van der Waals surface area contributed by atoms with Crippen LogP contribution in [0.2, 0.25) is 0 Å². The molecular formula is C5H7ClFN3O2. The predicted molar refractivity (Wildman–Crippen MR) is 41.4 cm³/mol. The Balaban J connectivity index is 4.08. The predicted octanol–water partition coefficient (Wildman–Crippen LogP) is 0.656. The van der Waals surface area contributed by atoms with Crippen LogP contribution in [0.1, 0.15) is 0 Å². The summed E-state index contributed by atoms with van der Waals surface area (Å²) < 4.78 is 16.5. The summed E-state index contributed by atoms with van der Waals surface area (Å²) in [5.74, 6) is -1.64. The van der Waals surface area contributed by atoms with Crippen molar-refractivity contribution in [2.45, 2.75) is 0 Å². The third-order valence-electron chi connectivity index (χ3n) is 0.806. The van der Waals surface area contributed by atoms with Crippen molar-refractivity contribution in [3.8, 4) is 0 Å². The summed E-state index contributed by atoms with van der Waals surface area (Å²) >= 11 is 5.01. The first-order valence-electron chi connectivity index (χ1n) is 2.77. The Morgan fingerprint density at radius 2 is 2.42 bits per heavy atom. The maximum absolute atomic E-state index is 12.3. The maximum Gasteiger partial charge on any atom is 0.414 e. The van der Waals surface area contributed by atoms with Crippen LogP contribution in [0.5, 0.6) is 0 Å². The van der Waals surface area contributed by atoms with Crippen LogP contribution in [0.3, 0.4) is 0 Å². The summed E-state index contributed by atoms with van der Waals surface area (Å²) in [5, 5.41) is 8.25. The van der Waals surface area contributed by atoms with Crippen LogP contribution in [0.25, 0.3) is 0 Å². The first-order valence-corrected chi connectivity index (χ1v) is 3.30. The normalized spacial score (nSPS) is 11.5. The number of rotatable bonds is 3. The Hall–Kier alpha value is -1.30. The Morgan fingerprint density at radius 1 is 1.83 bits per heavy atom. The zero-order valence-electron chi connectivity index (χ0n) is 5.93. The van der Waals surface area contributed by atoms with Gasteiger partial charge in [0.25, 0.3) is 0 Å². The first kappa shape index (κ1) is 10.7. The fourth-order valence-corrected chi connectivity index (χ4v) is 0.432. The van der Waals surface area contributed by atoms with Gasteiger partial charge < -0.3 is 15.9 Å². The number of nitrogens with two attached hydrogens (primary N) is 1. The number of halogens is 2. The first-order chi connectivity index (χ1) is 5.61. The number of alkyl carbamates (subject to hydrolysis) is 1. The molecule has 1 amide bonds. The van der Waals surface area contributed by atoms with Gasteiger partial charge in [0.15, 0.2) is 11.9 Å². The van der Waals surface area contributed by atoms with Crippen LogP contribution in [0.4, 0.5) is 9.18 Å². The quantitative estimate of drug-likeness (QED) is 0.457. The lowest BCUT2D eigenvalue weighted by Gasteiger charge is -2.03. The number of carbonyl (C=O) groups is 1. The van der Waals surface area contributed by atoms with Crippen LogP contribution in [0.15, 0.2) is 11.6 Å². The average molecular weight is 196 g/mol. The van der Waals surface area contributed by atoms with Crippen molar-refractivity contribution in [2.75, 3.05) is 6.07 Å². The molecule has 0 saturated carbocycles. The minimum atomic E-state index is -1.05. The van der Waals surface area contributed by atoms with E-state index in [9.17, 15) is 9.18 Å². The lowest BCUT2D eigenvalue weighted by molar-refractivity contribution is 0.167. The summed E-state index contributed by atoms with van der Waals surface area (Å²) in [6.07, 6.45) is -0.615. The molecule has 0 bridgehead atoms. The van der Waals surface area contributed by atoms with Crippen molar-refractivity contribution in [1.29, 1.82) is 5.41 Å². The Labute approximate surface area is 72.8 Å². The molecular weight excluding hydrogens is 189 g/mol. The zero-order valence-corrected chi connectivity index (χ0v) is 6.69. The van der Waals surface area contributed by atoms with E-state index < -0.39 is 17.7 Å². The van der Waals surface area contributed by atoms with Gasteiger partial charge in [-0.1, -0.05) is 11.6 Å². The molecule has 0 radical (unpaired) electrons. The highest BCUT2D eigenvalue weighted by molar-refractivity contribution is 6.17. The molecule has 0 aliphatic carbocycles. The topological polar surface area (TPSA) is 88.2 Å². The van der Waals surface area contributed by atoms with Gasteiger partial charge in [0.2, 0.25) is 0 Å². The van der Waals surface area contributed by atoms with Gasteiger partial charge in [-0.05, 0) is 0 Å². The second kappa shape index (κ2) is 5.36. The van der Waals surface area contributed by atoms with E-state index in [-0.39, 0.29) is 6.07 Å². The minimum Gasteiger partial charge on any atom is -0.433 e. The summed E-state index contributed by atoms with van der Waals surface area (Å²) in [6.45, 7) is 0. The number of amides is 1. The van der Waals surface area contributed by atoms with E-state index in [1.54, 1.807) is 0 Å². The Bertz CT molecular complexity index is 219. The molecule has 0 aliphatic rings. The molecule has 0 atom stereocenters. The van der Waals surface area contributed by atoms with Crippen molar-refractivity contribution >= 4 is 23.9 Å². The number of carbonyl (C=O) groups excluding carboxylic acids is 1. The number of hydrogen-bond donors (Lipinski definition) is 3. The molecule has 0 aromatic carbocycles. The van der Waals surface area contributed by atoms with Gasteiger partial charge in [-0.2, -0.15) is 0 Å². The van der Waals surface area contributed by atoms with E-state index in [2.05, 4.69) is 4.74 Å². The molecule has 0 spiro atoms. The zero-order chi connectivity index (χ0) is 9.56. The van der Waals surface area contributed by atoms with Gasteiger partial charge >= 0.3 is 6.09 Å². The SMILES string of the molecule is N=C/C(F)=C(\N)NC(=O)OCCl. The van der Waals surface area contributed by atoms with E-state index in [0.717, 1.165) is 0 Å². The van der Waals surface area contributed by atoms with Crippen LogP contribution < -0.4 is 11.1 Å². The maximum atomic E-state index is 12.3. The molecule has 0 aromatic heterocycles. The standard InChI is InChI=1S/C5H7ClFN3O2/c6-2-12-5(11)10-4(9)3(7)1-8/h1,8H,2,9H2,(H,10,11)/b4-3-,8-1?. The van der Waals surface area contributed by atoms with Crippen LogP contribution in [0, 0.1) is 5.41 Å². The second-order valence-corrected chi connectivity index (χ2v) is 1.79. The van der Waals surface area contributed by atoms with Crippen LogP contribution in [-0.4, -0.2) is 18.4 Å². The summed E-state index contributed by atoms with van der Waals surface area (Å²) in [6, 6.07) is -0.356. The van der Waals surface area contributed by atoms with E-state index in [1.165, 1.54) is 0 Å². The lowest BCUT2D eigenvalue weighted by atomic mass is 10.5. The van der Waals surface area contributed by atoms with Crippen molar-refractivity contribution in [3.05, 3.63) is 11.6 Å². The van der Waals surface area contributed by atoms with Crippen LogP contribution in [-0.2, 0) is 4.74 Å². The lowest BCUT2D eigenvalue weighted by Crippen LogP contribution is -2.28. The van der Waals surface area contributed by atoms with Crippen molar-refractivity contribution in [1.82, 2.24) is 5.32 Å². The van der Waals surface area contributed by atoms with Crippen LogP contribution >= 0.6 is 11.6 Å². The van der Waals surface area contributed by atoms with Gasteiger partial charge in [0.1, 0.15) is 5.82 Å². The highest BCUT2D eigenvalue weighted by Crippen LogP contribution is 1.93. The van der Waals surface area contributed by atoms with Crippen molar-refractivity contribution in [2.24, 2.45) is 5.73 Å². The molecule has 0 fully saturated rings. The van der Waals surface area contributed by atoms with E-state index in [4.69, 9.17) is 22.7 Å². The minimum absolute atomic E-state index is 0.356. The van der Waals surface area contributed by atoms with Gasteiger partial charge in [-0.25, -0.2) is 9.18 Å². The highest BCUT2D eigenvalue weighted by Gasteiger charge is 2.05. The molecule has 0 aromatic rings. The fourth-order valence-electron chi connectivity index (χ4n) is 0.333.